The van der Waals surface area contributed by atoms with E-state index in [9.17, 15) is 9.59 Å². The Kier molecular flexibility index (Phi) is 9.27. The molecule has 0 aromatic heterocycles. The third-order valence-corrected chi connectivity index (χ3v) is 5.43. The molecule has 3 aromatic carbocycles. The van der Waals surface area contributed by atoms with Crippen LogP contribution >= 0.6 is 0 Å². The zero-order valence-corrected chi connectivity index (χ0v) is 19.9. The Hall–Kier alpha value is -4.16. The first-order valence-corrected chi connectivity index (χ1v) is 11.6. The van der Waals surface area contributed by atoms with Gasteiger partial charge in [-0.1, -0.05) is 60.5 Å². The number of hydrogen-bond acceptors (Lipinski definition) is 8. The van der Waals surface area contributed by atoms with E-state index in [1.54, 1.807) is 72.8 Å². The molecule has 1 fully saturated rings. The lowest BCUT2D eigenvalue weighted by Gasteiger charge is -2.24. The Morgan fingerprint density at radius 3 is 2.03 bits per heavy atom. The van der Waals surface area contributed by atoms with Gasteiger partial charge in [0.25, 0.3) is 0 Å². The third-order valence-electron chi connectivity index (χ3n) is 5.43. The van der Waals surface area contributed by atoms with E-state index in [2.05, 4.69) is 5.92 Å². The van der Waals surface area contributed by atoms with Crippen LogP contribution in [0.2, 0.25) is 0 Å². The van der Waals surface area contributed by atoms with Crippen LogP contribution in [0.25, 0.3) is 0 Å². The molecular weight excluding hydrogens is 476 g/mol. The van der Waals surface area contributed by atoms with Crippen LogP contribution in [0.4, 0.5) is 0 Å². The van der Waals surface area contributed by atoms with Crippen LogP contribution in [-0.2, 0) is 23.7 Å². The van der Waals surface area contributed by atoms with Crippen LogP contribution < -0.4 is 4.74 Å². The average Bonchev–Trinajstić information content (AvgIpc) is 3.26. The molecule has 0 bridgehead atoms. The molecule has 0 spiro atoms. The Balaban J connectivity index is 1.55. The number of para-hydroxylation sites is 1. The molecular formula is C29H26O8. The zero-order chi connectivity index (χ0) is 25.9. The van der Waals surface area contributed by atoms with E-state index in [-0.39, 0.29) is 20.0 Å². The van der Waals surface area contributed by atoms with Crippen molar-refractivity contribution >= 4 is 11.9 Å². The van der Waals surface area contributed by atoms with Crippen molar-refractivity contribution in [1.29, 1.82) is 0 Å². The molecule has 0 radical (unpaired) electrons. The summed E-state index contributed by atoms with van der Waals surface area (Å²) in [4.78, 5) is 25.5. The maximum atomic E-state index is 13.0. The van der Waals surface area contributed by atoms with Crippen molar-refractivity contribution in [3.8, 4) is 18.1 Å². The van der Waals surface area contributed by atoms with Gasteiger partial charge in [0, 0.05) is 0 Å². The quantitative estimate of drug-likeness (QED) is 0.169. The van der Waals surface area contributed by atoms with E-state index in [1.165, 1.54) is 0 Å². The van der Waals surface area contributed by atoms with E-state index in [4.69, 9.17) is 34.8 Å². The molecule has 8 nitrogen and oxygen atoms in total. The van der Waals surface area contributed by atoms with Gasteiger partial charge in [-0.15, -0.1) is 6.42 Å². The van der Waals surface area contributed by atoms with Gasteiger partial charge in [0.2, 0.25) is 6.29 Å². The fourth-order valence-corrected chi connectivity index (χ4v) is 3.68. The molecule has 3 aromatic rings. The fourth-order valence-electron chi connectivity index (χ4n) is 3.68. The van der Waals surface area contributed by atoms with Crippen molar-refractivity contribution in [2.45, 2.75) is 24.6 Å². The van der Waals surface area contributed by atoms with E-state index < -0.39 is 36.5 Å². The average molecular weight is 503 g/mol. The molecule has 1 saturated heterocycles. The van der Waals surface area contributed by atoms with E-state index in [1.807, 2.05) is 18.2 Å². The summed E-state index contributed by atoms with van der Waals surface area (Å²) in [5.74, 6) is 1.74. The summed E-state index contributed by atoms with van der Waals surface area (Å²) < 4.78 is 34.6. The zero-order valence-electron chi connectivity index (χ0n) is 19.9. The predicted octanol–water partition coefficient (Wildman–Crippen LogP) is 3.87. The van der Waals surface area contributed by atoms with Crippen LogP contribution in [-0.4, -0.2) is 56.5 Å². The van der Waals surface area contributed by atoms with Crippen LogP contribution in [0.15, 0.2) is 91.0 Å². The number of carbonyl (C=O) groups excluding carboxylic acids is 2. The first-order chi connectivity index (χ1) is 18.2. The van der Waals surface area contributed by atoms with Gasteiger partial charge in [0.1, 0.15) is 31.9 Å². The van der Waals surface area contributed by atoms with Crippen LogP contribution in [0.1, 0.15) is 20.7 Å². The topological polar surface area (TPSA) is 89.5 Å². The number of benzene rings is 3. The minimum Gasteiger partial charge on any atom is -0.462 e. The van der Waals surface area contributed by atoms with Crippen molar-refractivity contribution in [1.82, 2.24) is 0 Å². The van der Waals surface area contributed by atoms with Gasteiger partial charge in [-0.2, -0.15) is 0 Å². The second-order valence-electron chi connectivity index (χ2n) is 7.98. The van der Waals surface area contributed by atoms with E-state index in [0.29, 0.717) is 16.9 Å². The van der Waals surface area contributed by atoms with Gasteiger partial charge in [0.05, 0.1) is 11.1 Å². The van der Waals surface area contributed by atoms with Crippen LogP contribution in [0.3, 0.4) is 0 Å². The summed E-state index contributed by atoms with van der Waals surface area (Å²) in [6.45, 7) is -0.368. The summed E-state index contributed by atoms with van der Waals surface area (Å²) in [7, 11) is 0. The van der Waals surface area contributed by atoms with Gasteiger partial charge in [-0.3, -0.25) is 0 Å². The minimum atomic E-state index is -0.995. The molecule has 0 N–H and O–H groups in total. The highest BCUT2D eigenvalue weighted by molar-refractivity contribution is 5.90. The van der Waals surface area contributed by atoms with Gasteiger partial charge in [-0.05, 0) is 36.4 Å². The first-order valence-electron chi connectivity index (χ1n) is 11.6. The molecule has 0 saturated carbocycles. The van der Waals surface area contributed by atoms with Crippen molar-refractivity contribution in [2.24, 2.45) is 0 Å². The van der Waals surface area contributed by atoms with Crippen molar-refractivity contribution < 1.29 is 38.0 Å². The lowest BCUT2D eigenvalue weighted by Crippen LogP contribution is -2.42. The number of hydrogen-bond donors (Lipinski definition) is 0. The van der Waals surface area contributed by atoms with Crippen LogP contribution in [0.5, 0.6) is 5.75 Å². The van der Waals surface area contributed by atoms with Crippen LogP contribution in [0, 0.1) is 12.3 Å². The predicted molar refractivity (Wildman–Crippen MR) is 133 cm³/mol. The molecule has 190 valence electrons. The second-order valence-corrected chi connectivity index (χ2v) is 7.98. The normalized spacial score (nSPS) is 20.5. The lowest BCUT2D eigenvalue weighted by molar-refractivity contribution is -0.165. The Morgan fingerprint density at radius 2 is 1.41 bits per heavy atom. The molecule has 37 heavy (non-hydrogen) atoms. The molecule has 0 amide bonds. The van der Waals surface area contributed by atoms with Gasteiger partial charge < -0.3 is 28.4 Å². The number of esters is 2. The maximum Gasteiger partial charge on any atom is 0.338 e. The minimum absolute atomic E-state index is 0.0321. The van der Waals surface area contributed by atoms with Gasteiger partial charge in [0.15, 0.2) is 12.2 Å². The summed E-state index contributed by atoms with van der Waals surface area (Å²) in [6, 6.07) is 26.0. The lowest BCUT2D eigenvalue weighted by atomic mass is 10.1. The molecule has 0 aliphatic carbocycles. The summed E-state index contributed by atoms with van der Waals surface area (Å²) >= 11 is 0. The molecule has 4 atom stereocenters. The molecule has 0 unspecified atom stereocenters. The Labute approximate surface area is 215 Å². The molecule has 1 aliphatic heterocycles. The molecule has 4 rings (SSSR count). The highest BCUT2D eigenvalue weighted by Gasteiger charge is 2.50. The van der Waals surface area contributed by atoms with E-state index >= 15 is 0 Å². The fraction of sp³-hybridized carbons (Fsp3) is 0.241. The highest BCUT2D eigenvalue weighted by atomic mass is 16.8. The summed E-state index contributed by atoms with van der Waals surface area (Å²) in [5, 5.41) is 0. The second kappa shape index (κ2) is 13.2. The Morgan fingerprint density at radius 1 is 0.811 bits per heavy atom. The summed E-state index contributed by atoms with van der Waals surface area (Å²) in [6.07, 6.45) is 1.47. The van der Waals surface area contributed by atoms with E-state index in [0.717, 1.165) is 0 Å². The van der Waals surface area contributed by atoms with Crippen molar-refractivity contribution in [3.05, 3.63) is 102 Å². The van der Waals surface area contributed by atoms with Gasteiger partial charge in [-0.25, -0.2) is 9.59 Å². The largest absolute Gasteiger partial charge is 0.462 e. The standard InChI is InChI=1S/C29H26O8/c1-2-18-32-20-34-26-25(37-28(31)22-14-8-4-9-15-22)24(19-33-27(30)21-12-6-3-7-13-21)36-29(26)35-23-16-10-5-11-17-23/h1,3-17,24-26,29H,18-20H2/t24-,25-,26-,29+/m1/s1. The monoisotopic (exact) mass is 502 g/mol. The number of rotatable bonds is 11. The number of ether oxygens (including phenoxy) is 6. The molecule has 1 heterocycles. The van der Waals surface area contributed by atoms with Crippen molar-refractivity contribution in [3.63, 3.8) is 0 Å². The first kappa shape index (κ1) is 25.9. The number of carbonyl (C=O) groups is 2. The van der Waals surface area contributed by atoms with Crippen molar-refractivity contribution in [2.75, 3.05) is 20.0 Å². The highest BCUT2D eigenvalue weighted by Crippen LogP contribution is 2.30. The molecule has 8 heteroatoms. The summed E-state index contributed by atoms with van der Waals surface area (Å²) in [5.41, 5.74) is 0.725. The SMILES string of the molecule is C#CCOCO[C@H]1[C@@H](Oc2ccccc2)O[C@H](COC(=O)c2ccccc2)[C@H]1OC(=O)c1ccccc1. The van der Waals surface area contributed by atoms with Gasteiger partial charge >= 0.3 is 11.9 Å². The Bertz CT molecular complexity index is 1180. The molecule has 1 aliphatic rings. The maximum absolute atomic E-state index is 13.0. The number of terminal acetylenes is 1. The smallest absolute Gasteiger partial charge is 0.338 e. The third kappa shape index (κ3) is 7.18.